The molecule has 1 amide bonds. The zero-order valence-electron chi connectivity index (χ0n) is 12.8. The predicted octanol–water partition coefficient (Wildman–Crippen LogP) is 2.43. The normalized spacial score (nSPS) is 12.1. The van der Waals surface area contributed by atoms with Crippen LogP contribution >= 0.6 is 0 Å². The van der Waals surface area contributed by atoms with Crippen molar-refractivity contribution in [1.29, 1.82) is 0 Å². The predicted molar refractivity (Wildman–Crippen MR) is 79.0 cm³/mol. The van der Waals surface area contributed by atoms with Crippen molar-refractivity contribution in [2.24, 2.45) is 5.73 Å². The van der Waals surface area contributed by atoms with Crippen LogP contribution in [0.2, 0.25) is 0 Å². The minimum Gasteiger partial charge on any atom is -0.490 e. The van der Waals surface area contributed by atoms with Gasteiger partial charge in [0.1, 0.15) is 0 Å². The first kappa shape index (κ1) is 18.2. The Bertz CT molecular complexity index is 482. The molecule has 0 heterocycles. The zero-order chi connectivity index (χ0) is 16.5. The molecule has 0 radical (unpaired) electrons. The van der Waals surface area contributed by atoms with E-state index >= 15 is 0 Å². The second-order valence-corrected chi connectivity index (χ2v) is 4.89. The van der Waals surface area contributed by atoms with Gasteiger partial charge in [0.15, 0.2) is 11.5 Å². The quantitative estimate of drug-likeness (QED) is 0.734. The van der Waals surface area contributed by atoms with Gasteiger partial charge in [0.2, 0.25) is 5.91 Å². The number of hydrogen-bond acceptors (Lipinski definition) is 4. The summed E-state index contributed by atoms with van der Waals surface area (Å²) in [6, 6.07) is 4.56. The van der Waals surface area contributed by atoms with Crippen LogP contribution in [-0.2, 0) is 11.3 Å². The number of amides is 1. The first-order valence-corrected chi connectivity index (χ1v) is 7.15. The highest BCUT2D eigenvalue weighted by atomic mass is 19.3. The standard InChI is InChI=1S/C15H22F2N2O3/c1-3-21-13-8-11(5-6-12(13)22-15(16)17)9-19-14(20)7-4-10(2)18/h5-6,8,10,15H,3-4,7,9,18H2,1-2H3,(H,19,20). The number of ether oxygens (including phenoxy) is 2. The van der Waals surface area contributed by atoms with Gasteiger partial charge >= 0.3 is 6.61 Å². The molecule has 3 N–H and O–H groups in total. The van der Waals surface area contributed by atoms with Crippen molar-refractivity contribution in [2.75, 3.05) is 6.61 Å². The molecule has 5 nitrogen and oxygen atoms in total. The summed E-state index contributed by atoms with van der Waals surface area (Å²) in [5.41, 5.74) is 6.32. The summed E-state index contributed by atoms with van der Waals surface area (Å²) < 4.78 is 34.3. The molecule has 0 aliphatic rings. The molecule has 0 spiro atoms. The average Bonchev–Trinajstić information content (AvgIpc) is 2.45. The Morgan fingerprint density at radius 3 is 2.68 bits per heavy atom. The van der Waals surface area contributed by atoms with Gasteiger partial charge in [-0.1, -0.05) is 6.07 Å². The fourth-order valence-electron chi connectivity index (χ4n) is 1.77. The van der Waals surface area contributed by atoms with Crippen molar-refractivity contribution in [3.8, 4) is 11.5 Å². The van der Waals surface area contributed by atoms with Gasteiger partial charge in [0, 0.05) is 19.0 Å². The lowest BCUT2D eigenvalue weighted by Crippen LogP contribution is -2.25. The molecule has 0 saturated carbocycles. The molecule has 0 aromatic heterocycles. The van der Waals surface area contributed by atoms with E-state index in [0.29, 0.717) is 19.4 Å². The topological polar surface area (TPSA) is 73.6 Å². The second-order valence-electron chi connectivity index (χ2n) is 4.89. The lowest BCUT2D eigenvalue weighted by Gasteiger charge is -2.13. The minimum absolute atomic E-state index is 0.0242. The highest BCUT2D eigenvalue weighted by Gasteiger charge is 2.12. The number of nitrogens with one attached hydrogen (secondary N) is 1. The van der Waals surface area contributed by atoms with Crippen molar-refractivity contribution >= 4 is 5.91 Å². The van der Waals surface area contributed by atoms with Crippen LogP contribution in [0, 0.1) is 0 Å². The van der Waals surface area contributed by atoms with Gasteiger partial charge in [-0.3, -0.25) is 4.79 Å². The van der Waals surface area contributed by atoms with E-state index in [2.05, 4.69) is 10.1 Å². The molecule has 1 unspecified atom stereocenters. The number of nitrogens with two attached hydrogens (primary N) is 1. The Morgan fingerprint density at radius 2 is 2.09 bits per heavy atom. The molecule has 1 aromatic carbocycles. The highest BCUT2D eigenvalue weighted by molar-refractivity contribution is 5.75. The Balaban J connectivity index is 2.63. The zero-order valence-corrected chi connectivity index (χ0v) is 12.8. The van der Waals surface area contributed by atoms with Crippen LogP contribution in [0.3, 0.4) is 0 Å². The maximum atomic E-state index is 12.3. The monoisotopic (exact) mass is 316 g/mol. The lowest BCUT2D eigenvalue weighted by molar-refractivity contribution is -0.121. The number of carbonyl (C=O) groups is 1. The largest absolute Gasteiger partial charge is 0.490 e. The summed E-state index contributed by atoms with van der Waals surface area (Å²) in [7, 11) is 0. The molecule has 0 bridgehead atoms. The summed E-state index contributed by atoms with van der Waals surface area (Å²) in [5, 5.41) is 2.74. The van der Waals surface area contributed by atoms with E-state index in [4.69, 9.17) is 10.5 Å². The Labute approximate surface area is 128 Å². The van der Waals surface area contributed by atoms with Crippen molar-refractivity contribution < 1.29 is 23.0 Å². The number of hydrogen-bond donors (Lipinski definition) is 2. The Kier molecular flexibility index (Phi) is 7.59. The van der Waals surface area contributed by atoms with Gasteiger partial charge in [-0.2, -0.15) is 8.78 Å². The van der Waals surface area contributed by atoms with E-state index in [-0.39, 0.29) is 30.0 Å². The smallest absolute Gasteiger partial charge is 0.387 e. The molecule has 7 heteroatoms. The highest BCUT2D eigenvalue weighted by Crippen LogP contribution is 2.29. The average molecular weight is 316 g/mol. The third-order valence-corrected chi connectivity index (χ3v) is 2.84. The number of alkyl halides is 2. The number of carbonyl (C=O) groups excluding carboxylic acids is 1. The summed E-state index contributed by atoms with van der Waals surface area (Å²) in [6.07, 6.45) is 0.958. The van der Waals surface area contributed by atoms with Gasteiger partial charge in [-0.05, 0) is 38.0 Å². The molecule has 0 aliphatic carbocycles. The van der Waals surface area contributed by atoms with Crippen molar-refractivity contribution in [3.63, 3.8) is 0 Å². The number of benzene rings is 1. The van der Waals surface area contributed by atoms with Crippen LogP contribution < -0.4 is 20.5 Å². The molecule has 1 atom stereocenters. The van der Waals surface area contributed by atoms with Gasteiger partial charge < -0.3 is 20.5 Å². The van der Waals surface area contributed by atoms with Crippen molar-refractivity contribution in [1.82, 2.24) is 5.32 Å². The van der Waals surface area contributed by atoms with Crippen LogP contribution in [-0.4, -0.2) is 25.2 Å². The third kappa shape index (κ3) is 6.71. The van der Waals surface area contributed by atoms with Gasteiger partial charge in [-0.15, -0.1) is 0 Å². The first-order valence-electron chi connectivity index (χ1n) is 7.15. The SMILES string of the molecule is CCOc1cc(CNC(=O)CCC(C)N)ccc1OC(F)F. The molecular weight excluding hydrogens is 294 g/mol. The van der Waals surface area contributed by atoms with E-state index < -0.39 is 6.61 Å². The summed E-state index contributed by atoms with van der Waals surface area (Å²) in [5.74, 6) is 0.0946. The van der Waals surface area contributed by atoms with E-state index in [0.717, 1.165) is 5.56 Å². The Morgan fingerprint density at radius 1 is 1.36 bits per heavy atom. The van der Waals surface area contributed by atoms with E-state index in [1.165, 1.54) is 6.07 Å². The van der Waals surface area contributed by atoms with Crippen molar-refractivity contribution in [2.45, 2.75) is 45.9 Å². The van der Waals surface area contributed by atoms with E-state index in [9.17, 15) is 13.6 Å². The molecule has 1 rings (SSSR count). The number of rotatable bonds is 9. The van der Waals surface area contributed by atoms with Crippen LogP contribution in [0.1, 0.15) is 32.3 Å². The van der Waals surface area contributed by atoms with Gasteiger partial charge in [-0.25, -0.2) is 0 Å². The maximum Gasteiger partial charge on any atom is 0.387 e. The van der Waals surface area contributed by atoms with Crippen molar-refractivity contribution in [3.05, 3.63) is 23.8 Å². The van der Waals surface area contributed by atoms with Gasteiger partial charge in [0.05, 0.1) is 6.61 Å². The molecule has 0 fully saturated rings. The maximum absolute atomic E-state index is 12.3. The minimum atomic E-state index is -2.91. The Hall–Kier alpha value is -1.89. The van der Waals surface area contributed by atoms with E-state index in [1.807, 2.05) is 6.92 Å². The van der Waals surface area contributed by atoms with Crippen LogP contribution in [0.15, 0.2) is 18.2 Å². The molecule has 0 aliphatic heterocycles. The molecule has 1 aromatic rings. The fraction of sp³-hybridized carbons (Fsp3) is 0.533. The summed E-state index contributed by atoms with van der Waals surface area (Å²) >= 11 is 0. The fourth-order valence-corrected chi connectivity index (χ4v) is 1.77. The second kappa shape index (κ2) is 9.19. The lowest BCUT2D eigenvalue weighted by atomic mass is 10.1. The van der Waals surface area contributed by atoms with E-state index in [1.54, 1.807) is 19.1 Å². The molecular formula is C15H22F2N2O3. The summed E-state index contributed by atoms with van der Waals surface area (Å²) in [4.78, 5) is 11.6. The number of halogens is 2. The van der Waals surface area contributed by atoms with Crippen LogP contribution in [0.5, 0.6) is 11.5 Å². The third-order valence-electron chi connectivity index (χ3n) is 2.84. The van der Waals surface area contributed by atoms with Crippen LogP contribution in [0.25, 0.3) is 0 Å². The first-order chi connectivity index (χ1) is 10.4. The van der Waals surface area contributed by atoms with Gasteiger partial charge in [0.25, 0.3) is 0 Å². The summed E-state index contributed by atoms with van der Waals surface area (Å²) in [6.45, 7) is 1.28. The van der Waals surface area contributed by atoms with Crippen LogP contribution in [0.4, 0.5) is 8.78 Å². The molecule has 124 valence electrons. The molecule has 22 heavy (non-hydrogen) atoms. The molecule has 0 saturated heterocycles.